The van der Waals surface area contributed by atoms with Crippen LogP contribution in [-0.2, 0) is 29.0 Å². The Balaban J connectivity index is 1.56. The summed E-state index contributed by atoms with van der Waals surface area (Å²) in [5.74, 6) is 2.83. The highest BCUT2D eigenvalue weighted by molar-refractivity contribution is 4.98. The second-order valence-corrected chi connectivity index (χ2v) is 5.90. The van der Waals surface area contributed by atoms with Crippen LogP contribution in [0, 0.1) is 0 Å². The van der Waals surface area contributed by atoms with Crippen LogP contribution in [0.5, 0.6) is 0 Å². The van der Waals surface area contributed by atoms with Gasteiger partial charge in [-0.2, -0.15) is 9.97 Å². The molecule has 0 N–H and O–H groups in total. The molecule has 0 unspecified atom stereocenters. The molecule has 0 bridgehead atoms. The minimum Gasteiger partial charge on any atom is -0.384 e. The number of nitrogens with zero attached hydrogens (tertiary/aromatic N) is 5. The lowest BCUT2D eigenvalue weighted by Gasteiger charge is -2.29. The summed E-state index contributed by atoms with van der Waals surface area (Å²) in [6, 6.07) is 0. The fourth-order valence-corrected chi connectivity index (χ4v) is 2.87. The summed E-state index contributed by atoms with van der Waals surface area (Å²) >= 11 is 0. The lowest BCUT2D eigenvalue weighted by molar-refractivity contribution is 0.151. The highest BCUT2D eigenvalue weighted by Crippen LogP contribution is 2.26. The highest BCUT2D eigenvalue weighted by atomic mass is 16.5. The van der Waals surface area contributed by atoms with Crippen molar-refractivity contribution < 1.29 is 18.5 Å². The number of ether oxygens (including phenoxy) is 2. The Kier molecular flexibility index (Phi) is 5.89. The van der Waals surface area contributed by atoms with Crippen LogP contribution in [0.15, 0.2) is 9.05 Å². The van der Waals surface area contributed by atoms with Gasteiger partial charge in [0, 0.05) is 27.2 Å². The van der Waals surface area contributed by atoms with Crippen LogP contribution >= 0.6 is 0 Å². The zero-order chi connectivity index (χ0) is 16.8. The zero-order valence-corrected chi connectivity index (χ0v) is 14.1. The maximum atomic E-state index is 5.43. The molecule has 0 amide bonds. The van der Waals surface area contributed by atoms with E-state index in [9.17, 15) is 0 Å². The van der Waals surface area contributed by atoms with Crippen LogP contribution in [0.2, 0.25) is 0 Å². The van der Waals surface area contributed by atoms with Crippen molar-refractivity contribution in [3.8, 4) is 0 Å². The third-order valence-corrected chi connectivity index (χ3v) is 4.01. The fraction of sp³-hybridized carbons (Fsp3) is 0.733. The predicted octanol–water partition coefficient (Wildman–Crippen LogP) is 1.17. The Morgan fingerprint density at radius 1 is 1.12 bits per heavy atom. The average molecular weight is 337 g/mol. The van der Waals surface area contributed by atoms with Crippen molar-refractivity contribution in [2.75, 3.05) is 33.9 Å². The Labute approximate surface area is 140 Å². The second kappa shape index (κ2) is 8.32. The van der Waals surface area contributed by atoms with Crippen LogP contribution in [0.4, 0.5) is 0 Å². The molecule has 1 aliphatic rings. The van der Waals surface area contributed by atoms with E-state index in [0.29, 0.717) is 49.6 Å². The molecule has 0 radical (unpaired) electrons. The number of aromatic nitrogens is 4. The summed E-state index contributed by atoms with van der Waals surface area (Å²) in [4.78, 5) is 11.1. The van der Waals surface area contributed by atoms with Gasteiger partial charge in [-0.15, -0.1) is 0 Å². The molecule has 1 fully saturated rings. The van der Waals surface area contributed by atoms with E-state index < -0.39 is 0 Å². The van der Waals surface area contributed by atoms with E-state index in [-0.39, 0.29) is 5.92 Å². The molecule has 1 aliphatic heterocycles. The summed E-state index contributed by atoms with van der Waals surface area (Å²) in [6.45, 7) is 3.42. The molecular formula is C15H23N5O4. The molecular weight excluding hydrogens is 314 g/mol. The van der Waals surface area contributed by atoms with Crippen LogP contribution < -0.4 is 0 Å². The number of likely N-dealkylation sites (tertiary alicyclic amines) is 1. The van der Waals surface area contributed by atoms with Gasteiger partial charge in [-0.3, -0.25) is 4.90 Å². The van der Waals surface area contributed by atoms with Crippen LogP contribution in [0.1, 0.15) is 42.2 Å². The van der Waals surface area contributed by atoms with Crippen molar-refractivity contribution in [1.82, 2.24) is 25.2 Å². The number of rotatable bonds is 8. The van der Waals surface area contributed by atoms with E-state index >= 15 is 0 Å². The zero-order valence-electron chi connectivity index (χ0n) is 14.1. The van der Waals surface area contributed by atoms with Gasteiger partial charge in [0.1, 0.15) is 6.61 Å². The molecule has 0 aromatic carbocycles. The van der Waals surface area contributed by atoms with Crippen LogP contribution in [-0.4, -0.2) is 59.1 Å². The monoisotopic (exact) mass is 337 g/mol. The summed E-state index contributed by atoms with van der Waals surface area (Å²) in [5, 5.41) is 8.01. The van der Waals surface area contributed by atoms with E-state index in [1.165, 1.54) is 0 Å². The molecule has 24 heavy (non-hydrogen) atoms. The minimum absolute atomic E-state index is 0.243. The molecule has 132 valence electrons. The van der Waals surface area contributed by atoms with Crippen molar-refractivity contribution in [2.24, 2.45) is 0 Å². The van der Waals surface area contributed by atoms with Gasteiger partial charge in [0.25, 0.3) is 5.89 Å². The molecule has 1 saturated heterocycles. The predicted molar refractivity (Wildman–Crippen MR) is 82.1 cm³/mol. The molecule has 3 rings (SSSR count). The smallest absolute Gasteiger partial charge is 0.252 e. The van der Waals surface area contributed by atoms with E-state index in [0.717, 1.165) is 25.9 Å². The van der Waals surface area contributed by atoms with Gasteiger partial charge in [-0.1, -0.05) is 10.3 Å². The van der Waals surface area contributed by atoms with Gasteiger partial charge in [0.2, 0.25) is 5.89 Å². The third-order valence-electron chi connectivity index (χ3n) is 4.01. The largest absolute Gasteiger partial charge is 0.384 e. The molecule has 0 aliphatic carbocycles. The molecule has 9 nitrogen and oxygen atoms in total. The fourth-order valence-electron chi connectivity index (χ4n) is 2.87. The topological polar surface area (TPSA) is 99.5 Å². The molecule has 0 spiro atoms. The second-order valence-electron chi connectivity index (χ2n) is 5.90. The molecule has 9 heteroatoms. The lowest BCUT2D eigenvalue weighted by atomic mass is 9.98. The van der Waals surface area contributed by atoms with Crippen molar-refractivity contribution >= 4 is 0 Å². The van der Waals surface area contributed by atoms with Crippen molar-refractivity contribution in [3.63, 3.8) is 0 Å². The Bertz CT molecular complexity index is 629. The Morgan fingerprint density at radius 2 is 2.00 bits per heavy atom. The number of piperidine rings is 1. The summed E-state index contributed by atoms with van der Waals surface area (Å²) < 4.78 is 20.6. The van der Waals surface area contributed by atoms with Gasteiger partial charge in [-0.05, 0) is 19.4 Å². The van der Waals surface area contributed by atoms with Crippen molar-refractivity contribution in [1.29, 1.82) is 0 Å². The summed E-state index contributed by atoms with van der Waals surface area (Å²) in [6.07, 6.45) is 2.79. The SMILES string of the molecule is COCCc1noc([C@@H]2CCCN(Cc3noc(COC)n3)C2)n1. The van der Waals surface area contributed by atoms with E-state index in [4.69, 9.17) is 18.5 Å². The summed E-state index contributed by atoms with van der Waals surface area (Å²) in [7, 11) is 3.26. The normalized spacial score (nSPS) is 19.0. The quantitative estimate of drug-likeness (QED) is 0.702. The first-order valence-corrected chi connectivity index (χ1v) is 8.12. The van der Waals surface area contributed by atoms with Crippen molar-refractivity contribution in [3.05, 3.63) is 23.4 Å². The minimum atomic E-state index is 0.243. The lowest BCUT2D eigenvalue weighted by Crippen LogP contribution is -2.34. The highest BCUT2D eigenvalue weighted by Gasteiger charge is 2.26. The van der Waals surface area contributed by atoms with Gasteiger partial charge in [-0.25, -0.2) is 0 Å². The maximum absolute atomic E-state index is 5.43. The average Bonchev–Trinajstić information content (AvgIpc) is 3.23. The van der Waals surface area contributed by atoms with Gasteiger partial charge < -0.3 is 18.5 Å². The van der Waals surface area contributed by atoms with Gasteiger partial charge in [0.05, 0.1) is 19.1 Å². The molecule has 3 heterocycles. The first kappa shape index (κ1) is 17.0. The number of hydrogen-bond donors (Lipinski definition) is 0. The summed E-state index contributed by atoms with van der Waals surface area (Å²) in [5.41, 5.74) is 0. The Hall–Kier alpha value is -1.84. The first-order valence-electron chi connectivity index (χ1n) is 8.12. The van der Waals surface area contributed by atoms with E-state index in [1.54, 1.807) is 14.2 Å². The van der Waals surface area contributed by atoms with Gasteiger partial charge >= 0.3 is 0 Å². The standard InChI is InChI=1S/C15H23N5O4/c1-21-7-5-12-17-15(24-18-12)11-4-3-6-20(8-11)9-13-16-14(10-22-2)23-19-13/h11H,3-10H2,1-2H3/t11-/m1/s1. The Morgan fingerprint density at radius 3 is 2.83 bits per heavy atom. The van der Waals surface area contributed by atoms with Gasteiger partial charge in [0.15, 0.2) is 11.6 Å². The van der Waals surface area contributed by atoms with E-state index in [1.807, 2.05) is 0 Å². The van der Waals surface area contributed by atoms with Crippen LogP contribution in [0.25, 0.3) is 0 Å². The number of methoxy groups -OCH3 is 2. The van der Waals surface area contributed by atoms with Crippen molar-refractivity contribution in [2.45, 2.75) is 38.3 Å². The molecule has 0 saturated carbocycles. The molecule has 1 atom stereocenters. The van der Waals surface area contributed by atoms with E-state index in [2.05, 4.69) is 25.2 Å². The number of hydrogen-bond acceptors (Lipinski definition) is 9. The molecule has 2 aromatic rings. The first-order chi connectivity index (χ1) is 11.8. The molecule has 2 aromatic heterocycles. The third kappa shape index (κ3) is 4.37. The maximum Gasteiger partial charge on any atom is 0.252 e. The van der Waals surface area contributed by atoms with Crippen LogP contribution in [0.3, 0.4) is 0 Å².